The van der Waals surface area contributed by atoms with E-state index in [4.69, 9.17) is 16.3 Å². The molecule has 2 aromatic carbocycles. The number of amides is 1. The quantitative estimate of drug-likeness (QED) is 0.822. The van der Waals surface area contributed by atoms with Crippen LogP contribution in [0.5, 0.6) is 5.75 Å². The maximum absolute atomic E-state index is 11.9. The SMILES string of the molecule is CCOc1ccccc1NCC(=O)NCc1ccccc1Cl. The molecule has 2 aromatic rings. The third-order valence-electron chi connectivity index (χ3n) is 3.06. The number of nitrogens with one attached hydrogen (secondary N) is 2. The van der Waals surface area contributed by atoms with Gasteiger partial charge in [0.25, 0.3) is 0 Å². The third-order valence-corrected chi connectivity index (χ3v) is 3.43. The highest BCUT2D eigenvalue weighted by atomic mass is 35.5. The molecule has 2 N–H and O–H groups in total. The Morgan fingerprint density at radius 2 is 1.86 bits per heavy atom. The van der Waals surface area contributed by atoms with Crippen LogP contribution in [0.15, 0.2) is 48.5 Å². The van der Waals surface area contributed by atoms with Crippen LogP contribution in [-0.4, -0.2) is 19.1 Å². The number of rotatable bonds is 7. The lowest BCUT2D eigenvalue weighted by Gasteiger charge is -2.12. The van der Waals surface area contributed by atoms with Crippen LogP contribution < -0.4 is 15.4 Å². The van der Waals surface area contributed by atoms with Gasteiger partial charge < -0.3 is 15.4 Å². The molecule has 0 atom stereocenters. The first-order valence-corrected chi connectivity index (χ1v) is 7.54. The molecule has 0 radical (unpaired) electrons. The maximum Gasteiger partial charge on any atom is 0.239 e. The summed E-state index contributed by atoms with van der Waals surface area (Å²) in [6, 6.07) is 15.0. The van der Waals surface area contributed by atoms with Gasteiger partial charge >= 0.3 is 0 Å². The zero-order valence-electron chi connectivity index (χ0n) is 12.4. The van der Waals surface area contributed by atoms with Crippen molar-refractivity contribution in [3.8, 4) is 5.75 Å². The number of halogens is 1. The fourth-order valence-corrected chi connectivity index (χ4v) is 2.17. The van der Waals surface area contributed by atoms with E-state index in [0.29, 0.717) is 18.2 Å². The second kappa shape index (κ2) is 8.29. The van der Waals surface area contributed by atoms with Gasteiger partial charge in [-0.3, -0.25) is 4.79 Å². The molecule has 0 aliphatic rings. The van der Waals surface area contributed by atoms with Crippen LogP contribution in [0.25, 0.3) is 0 Å². The molecule has 4 nitrogen and oxygen atoms in total. The molecular weight excluding hydrogens is 300 g/mol. The first-order valence-electron chi connectivity index (χ1n) is 7.16. The van der Waals surface area contributed by atoms with Gasteiger partial charge in [-0.05, 0) is 30.7 Å². The van der Waals surface area contributed by atoms with E-state index >= 15 is 0 Å². The van der Waals surface area contributed by atoms with Crippen LogP contribution in [0.4, 0.5) is 5.69 Å². The standard InChI is InChI=1S/C17H19ClN2O2/c1-2-22-16-10-6-5-9-15(16)19-12-17(21)20-11-13-7-3-4-8-14(13)18/h3-10,19H,2,11-12H2,1H3,(H,20,21). The lowest BCUT2D eigenvalue weighted by atomic mass is 10.2. The molecule has 2 rings (SSSR count). The Balaban J connectivity index is 1.84. The monoisotopic (exact) mass is 318 g/mol. The highest BCUT2D eigenvalue weighted by Crippen LogP contribution is 2.23. The van der Waals surface area contributed by atoms with Crippen molar-refractivity contribution in [3.63, 3.8) is 0 Å². The van der Waals surface area contributed by atoms with E-state index in [1.165, 1.54) is 0 Å². The van der Waals surface area contributed by atoms with Crippen LogP contribution in [-0.2, 0) is 11.3 Å². The van der Waals surface area contributed by atoms with Crippen molar-refractivity contribution >= 4 is 23.2 Å². The van der Waals surface area contributed by atoms with Crippen molar-refractivity contribution in [2.45, 2.75) is 13.5 Å². The molecule has 0 unspecified atom stereocenters. The molecule has 116 valence electrons. The first kappa shape index (κ1) is 16.2. The number of ether oxygens (including phenoxy) is 1. The van der Waals surface area contributed by atoms with Gasteiger partial charge in [0.2, 0.25) is 5.91 Å². The molecule has 0 aliphatic heterocycles. The van der Waals surface area contributed by atoms with Crippen molar-refractivity contribution in [1.29, 1.82) is 0 Å². The molecule has 0 heterocycles. The summed E-state index contributed by atoms with van der Waals surface area (Å²) in [5, 5.41) is 6.56. The van der Waals surface area contributed by atoms with Gasteiger partial charge in [0.05, 0.1) is 18.8 Å². The van der Waals surface area contributed by atoms with E-state index in [0.717, 1.165) is 17.0 Å². The summed E-state index contributed by atoms with van der Waals surface area (Å²) >= 11 is 6.05. The van der Waals surface area contributed by atoms with Crippen molar-refractivity contribution in [3.05, 3.63) is 59.1 Å². The van der Waals surface area contributed by atoms with E-state index < -0.39 is 0 Å². The molecule has 0 saturated heterocycles. The van der Waals surface area contributed by atoms with Gasteiger partial charge in [0.1, 0.15) is 5.75 Å². The van der Waals surface area contributed by atoms with Gasteiger partial charge in [-0.15, -0.1) is 0 Å². The number of carbonyl (C=O) groups is 1. The number of hydrogen-bond donors (Lipinski definition) is 2. The molecule has 0 saturated carbocycles. The summed E-state index contributed by atoms with van der Waals surface area (Å²) in [5.74, 6) is 0.634. The average molecular weight is 319 g/mol. The number of para-hydroxylation sites is 2. The van der Waals surface area contributed by atoms with E-state index in [1.54, 1.807) is 6.07 Å². The summed E-state index contributed by atoms with van der Waals surface area (Å²) in [6.45, 7) is 3.09. The van der Waals surface area contributed by atoms with Crippen LogP contribution in [0.3, 0.4) is 0 Å². The largest absolute Gasteiger partial charge is 0.492 e. The first-order chi connectivity index (χ1) is 10.7. The molecule has 0 fully saturated rings. The summed E-state index contributed by atoms with van der Waals surface area (Å²) in [5.41, 5.74) is 1.70. The van der Waals surface area contributed by atoms with E-state index in [-0.39, 0.29) is 12.5 Å². The van der Waals surface area contributed by atoms with Gasteiger partial charge in [-0.2, -0.15) is 0 Å². The molecule has 5 heteroatoms. The predicted octanol–water partition coefficient (Wildman–Crippen LogP) is 3.47. The number of anilines is 1. The summed E-state index contributed by atoms with van der Waals surface area (Å²) < 4.78 is 5.50. The van der Waals surface area contributed by atoms with Crippen LogP contribution in [0.1, 0.15) is 12.5 Å². The molecule has 0 aliphatic carbocycles. The Kier molecular flexibility index (Phi) is 6.10. The molecule has 1 amide bonds. The number of carbonyl (C=O) groups excluding carboxylic acids is 1. The van der Waals surface area contributed by atoms with Crippen molar-refractivity contribution in [2.75, 3.05) is 18.5 Å². The topological polar surface area (TPSA) is 50.4 Å². The molecular formula is C17H19ClN2O2. The molecule has 0 bridgehead atoms. The predicted molar refractivity (Wildman–Crippen MR) is 89.4 cm³/mol. The fourth-order valence-electron chi connectivity index (χ4n) is 1.97. The minimum absolute atomic E-state index is 0.105. The number of benzene rings is 2. The normalized spacial score (nSPS) is 10.1. The molecule has 0 aromatic heterocycles. The summed E-state index contributed by atoms with van der Waals surface area (Å²) in [7, 11) is 0. The fraction of sp³-hybridized carbons (Fsp3) is 0.235. The summed E-state index contributed by atoms with van der Waals surface area (Å²) in [4.78, 5) is 11.9. The lowest BCUT2D eigenvalue weighted by molar-refractivity contribution is -0.119. The maximum atomic E-state index is 11.9. The minimum Gasteiger partial charge on any atom is -0.492 e. The van der Waals surface area contributed by atoms with Crippen molar-refractivity contribution in [2.24, 2.45) is 0 Å². The zero-order chi connectivity index (χ0) is 15.8. The van der Waals surface area contributed by atoms with Gasteiger partial charge in [-0.1, -0.05) is 41.9 Å². The second-order valence-corrected chi connectivity index (χ2v) is 5.06. The molecule has 0 spiro atoms. The Labute approximate surface area is 135 Å². The average Bonchev–Trinajstić information content (AvgIpc) is 2.53. The number of hydrogen-bond acceptors (Lipinski definition) is 3. The highest BCUT2D eigenvalue weighted by Gasteiger charge is 2.06. The van der Waals surface area contributed by atoms with Crippen molar-refractivity contribution in [1.82, 2.24) is 5.32 Å². The Morgan fingerprint density at radius 1 is 1.14 bits per heavy atom. The Morgan fingerprint density at radius 3 is 2.64 bits per heavy atom. The minimum atomic E-state index is -0.105. The molecule has 22 heavy (non-hydrogen) atoms. The lowest BCUT2D eigenvalue weighted by Crippen LogP contribution is -2.29. The van der Waals surface area contributed by atoms with Crippen LogP contribution in [0, 0.1) is 0 Å². The van der Waals surface area contributed by atoms with E-state index in [2.05, 4.69) is 10.6 Å². The Bertz CT molecular complexity index is 632. The van der Waals surface area contributed by atoms with Gasteiger partial charge in [0.15, 0.2) is 0 Å². The summed E-state index contributed by atoms with van der Waals surface area (Å²) in [6.07, 6.45) is 0. The zero-order valence-corrected chi connectivity index (χ0v) is 13.2. The van der Waals surface area contributed by atoms with Crippen LogP contribution >= 0.6 is 11.6 Å². The van der Waals surface area contributed by atoms with E-state index in [1.807, 2.05) is 49.4 Å². The van der Waals surface area contributed by atoms with Crippen LogP contribution in [0.2, 0.25) is 5.02 Å². The van der Waals surface area contributed by atoms with Gasteiger partial charge in [-0.25, -0.2) is 0 Å². The Hall–Kier alpha value is -2.20. The second-order valence-electron chi connectivity index (χ2n) is 4.65. The van der Waals surface area contributed by atoms with E-state index in [9.17, 15) is 4.79 Å². The van der Waals surface area contributed by atoms with Crippen molar-refractivity contribution < 1.29 is 9.53 Å². The smallest absolute Gasteiger partial charge is 0.239 e. The highest BCUT2D eigenvalue weighted by molar-refractivity contribution is 6.31. The third kappa shape index (κ3) is 4.67. The van der Waals surface area contributed by atoms with Gasteiger partial charge in [0, 0.05) is 11.6 Å².